The smallest absolute Gasteiger partial charge is 0.248 e. The van der Waals surface area contributed by atoms with Crippen molar-refractivity contribution >= 4 is 17.7 Å². The Bertz CT molecular complexity index is 726. The lowest BCUT2D eigenvalue weighted by Crippen LogP contribution is -2.12. The van der Waals surface area contributed by atoms with Gasteiger partial charge < -0.3 is 5.32 Å². The lowest BCUT2D eigenvalue weighted by atomic mass is 9.87. The average molecular weight is 335 g/mol. The van der Waals surface area contributed by atoms with E-state index in [1.807, 2.05) is 6.08 Å². The number of anilines is 1. The minimum atomic E-state index is -0.0875. The summed E-state index contributed by atoms with van der Waals surface area (Å²) in [6.07, 6.45) is 5.28. The van der Waals surface area contributed by atoms with E-state index in [4.69, 9.17) is 0 Å². The fourth-order valence-electron chi connectivity index (χ4n) is 2.83. The summed E-state index contributed by atoms with van der Waals surface area (Å²) in [5, 5.41) is 3.06. The van der Waals surface area contributed by atoms with Gasteiger partial charge in [-0.2, -0.15) is 0 Å². The molecule has 1 N–H and O–H groups in total. The summed E-state index contributed by atoms with van der Waals surface area (Å²) in [6, 6.07) is 14.6. The molecule has 0 heterocycles. The maximum atomic E-state index is 12.4. The molecule has 132 valence electrons. The fraction of sp³-hybridized carbons (Fsp3) is 0.348. The first-order valence-corrected chi connectivity index (χ1v) is 9.05. The van der Waals surface area contributed by atoms with E-state index in [-0.39, 0.29) is 11.3 Å². The molecule has 0 saturated heterocycles. The second kappa shape index (κ2) is 8.15. The van der Waals surface area contributed by atoms with Gasteiger partial charge in [0.1, 0.15) is 0 Å². The number of rotatable bonds is 5. The number of para-hydroxylation sites is 1. The molecule has 0 bridgehead atoms. The topological polar surface area (TPSA) is 29.1 Å². The van der Waals surface area contributed by atoms with Crippen molar-refractivity contribution in [3.8, 4) is 0 Å². The Hall–Kier alpha value is -2.35. The highest BCUT2D eigenvalue weighted by Gasteiger charge is 2.12. The normalized spacial score (nSPS) is 11.7. The van der Waals surface area contributed by atoms with Crippen molar-refractivity contribution in [2.75, 3.05) is 5.32 Å². The van der Waals surface area contributed by atoms with Crippen LogP contribution in [0.15, 0.2) is 48.5 Å². The Morgan fingerprint density at radius 1 is 0.960 bits per heavy atom. The van der Waals surface area contributed by atoms with Gasteiger partial charge in [0.2, 0.25) is 5.91 Å². The average Bonchev–Trinajstić information content (AvgIpc) is 2.59. The van der Waals surface area contributed by atoms with Crippen LogP contribution in [-0.2, 0) is 23.1 Å². The van der Waals surface area contributed by atoms with Crippen LogP contribution in [0.1, 0.15) is 56.9 Å². The molecule has 0 radical (unpaired) electrons. The Labute approximate surface area is 152 Å². The number of amides is 1. The molecular weight excluding hydrogens is 306 g/mol. The van der Waals surface area contributed by atoms with Gasteiger partial charge in [0, 0.05) is 11.8 Å². The van der Waals surface area contributed by atoms with Crippen LogP contribution in [0, 0.1) is 0 Å². The number of hydrogen-bond donors (Lipinski definition) is 1. The van der Waals surface area contributed by atoms with Gasteiger partial charge >= 0.3 is 0 Å². The SMILES string of the molecule is CCc1cccc(CC)c1NC(=O)/C=C/c1ccc(C(C)(C)C)cc1. The van der Waals surface area contributed by atoms with Crippen molar-refractivity contribution in [2.24, 2.45) is 0 Å². The van der Waals surface area contributed by atoms with Gasteiger partial charge in [0.25, 0.3) is 0 Å². The van der Waals surface area contributed by atoms with Gasteiger partial charge in [0.15, 0.2) is 0 Å². The van der Waals surface area contributed by atoms with E-state index in [2.05, 4.69) is 82.4 Å². The number of aryl methyl sites for hydroxylation is 2. The first-order chi connectivity index (χ1) is 11.8. The van der Waals surface area contributed by atoms with E-state index in [0.29, 0.717) is 0 Å². The van der Waals surface area contributed by atoms with Crippen LogP contribution in [-0.4, -0.2) is 5.91 Å². The maximum Gasteiger partial charge on any atom is 0.248 e. The van der Waals surface area contributed by atoms with Crippen LogP contribution in [0.5, 0.6) is 0 Å². The van der Waals surface area contributed by atoms with Crippen LogP contribution < -0.4 is 5.32 Å². The fourth-order valence-corrected chi connectivity index (χ4v) is 2.83. The first kappa shape index (κ1) is 19.0. The summed E-state index contributed by atoms with van der Waals surface area (Å²) in [6.45, 7) is 10.8. The third-order valence-electron chi connectivity index (χ3n) is 4.45. The highest BCUT2D eigenvalue weighted by Crippen LogP contribution is 2.24. The lowest BCUT2D eigenvalue weighted by Gasteiger charge is -2.18. The molecule has 2 aromatic carbocycles. The molecular formula is C23H29NO. The van der Waals surface area contributed by atoms with Crippen LogP contribution in [0.3, 0.4) is 0 Å². The van der Waals surface area contributed by atoms with E-state index in [1.165, 1.54) is 16.7 Å². The van der Waals surface area contributed by atoms with E-state index in [9.17, 15) is 4.79 Å². The molecule has 2 aromatic rings. The molecule has 0 aliphatic rings. The molecule has 2 nitrogen and oxygen atoms in total. The number of carbonyl (C=O) groups excluding carboxylic acids is 1. The van der Waals surface area contributed by atoms with Gasteiger partial charge in [-0.3, -0.25) is 4.79 Å². The largest absolute Gasteiger partial charge is 0.322 e. The Balaban J connectivity index is 2.11. The number of nitrogens with one attached hydrogen (secondary N) is 1. The standard InChI is InChI=1S/C23H29NO/c1-6-18-9-8-10-19(7-2)22(18)24-21(25)16-13-17-11-14-20(15-12-17)23(3,4)5/h8-16H,6-7H2,1-5H3,(H,24,25)/b16-13+. The van der Waals surface area contributed by atoms with Crippen molar-refractivity contribution < 1.29 is 4.79 Å². The summed E-state index contributed by atoms with van der Waals surface area (Å²) in [7, 11) is 0. The van der Waals surface area contributed by atoms with Crippen molar-refractivity contribution in [2.45, 2.75) is 52.9 Å². The molecule has 0 unspecified atom stereocenters. The first-order valence-electron chi connectivity index (χ1n) is 9.05. The highest BCUT2D eigenvalue weighted by atomic mass is 16.1. The Morgan fingerprint density at radius 2 is 1.52 bits per heavy atom. The van der Waals surface area contributed by atoms with Gasteiger partial charge in [-0.1, -0.05) is 77.1 Å². The molecule has 2 heteroatoms. The number of benzene rings is 2. The van der Waals surface area contributed by atoms with Crippen molar-refractivity contribution in [3.63, 3.8) is 0 Å². The second-order valence-corrected chi connectivity index (χ2v) is 7.35. The van der Waals surface area contributed by atoms with E-state index >= 15 is 0 Å². The molecule has 0 spiro atoms. The third kappa shape index (κ3) is 5.06. The van der Waals surface area contributed by atoms with Crippen LogP contribution in [0.2, 0.25) is 0 Å². The number of hydrogen-bond acceptors (Lipinski definition) is 1. The minimum absolute atomic E-state index is 0.0875. The van der Waals surface area contributed by atoms with Crippen molar-refractivity contribution in [1.29, 1.82) is 0 Å². The highest BCUT2D eigenvalue weighted by molar-refractivity contribution is 6.02. The Kier molecular flexibility index (Phi) is 6.19. The quantitative estimate of drug-likeness (QED) is 0.691. The molecule has 0 atom stereocenters. The lowest BCUT2D eigenvalue weighted by molar-refractivity contribution is -0.111. The van der Waals surface area contributed by atoms with Crippen LogP contribution >= 0.6 is 0 Å². The zero-order chi connectivity index (χ0) is 18.4. The summed E-state index contributed by atoms with van der Waals surface area (Å²) in [4.78, 5) is 12.4. The summed E-state index contributed by atoms with van der Waals surface area (Å²) < 4.78 is 0. The Morgan fingerprint density at radius 3 is 2.00 bits per heavy atom. The zero-order valence-electron chi connectivity index (χ0n) is 16.0. The summed E-state index contributed by atoms with van der Waals surface area (Å²) in [5.74, 6) is -0.0875. The summed E-state index contributed by atoms with van der Waals surface area (Å²) in [5.41, 5.74) is 5.78. The number of carbonyl (C=O) groups is 1. The van der Waals surface area contributed by atoms with Gasteiger partial charge in [0.05, 0.1) is 0 Å². The van der Waals surface area contributed by atoms with Crippen molar-refractivity contribution in [3.05, 3.63) is 70.8 Å². The minimum Gasteiger partial charge on any atom is -0.322 e. The summed E-state index contributed by atoms with van der Waals surface area (Å²) >= 11 is 0. The van der Waals surface area contributed by atoms with E-state index in [0.717, 1.165) is 24.1 Å². The molecule has 2 rings (SSSR count). The molecule has 0 aliphatic heterocycles. The van der Waals surface area contributed by atoms with Gasteiger partial charge in [-0.25, -0.2) is 0 Å². The van der Waals surface area contributed by atoms with Gasteiger partial charge in [-0.15, -0.1) is 0 Å². The third-order valence-corrected chi connectivity index (χ3v) is 4.45. The van der Waals surface area contributed by atoms with Crippen LogP contribution in [0.4, 0.5) is 5.69 Å². The second-order valence-electron chi connectivity index (χ2n) is 7.35. The molecule has 25 heavy (non-hydrogen) atoms. The molecule has 0 saturated carbocycles. The van der Waals surface area contributed by atoms with E-state index in [1.54, 1.807) is 6.08 Å². The van der Waals surface area contributed by atoms with Crippen molar-refractivity contribution in [1.82, 2.24) is 0 Å². The van der Waals surface area contributed by atoms with Crippen LogP contribution in [0.25, 0.3) is 6.08 Å². The predicted octanol–water partition coefficient (Wildman–Crippen LogP) is 5.76. The molecule has 0 fully saturated rings. The zero-order valence-corrected chi connectivity index (χ0v) is 16.0. The molecule has 1 amide bonds. The van der Waals surface area contributed by atoms with E-state index < -0.39 is 0 Å². The predicted molar refractivity (Wildman–Crippen MR) is 108 cm³/mol. The molecule has 0 aromatic heterocycles. The monoisotopic (exact) mass is 335 g/mol. The van der Waals surface area contributed by atoms with Gasteiger partial charge in [-0.05, 0) is 46.6 Å². The molecule has 0 aliphatic carbocycles. The maximum absolute atomic E-state index is 12.4.